The smallest absolute Gasteiger partial charge is 0.400 e. The molecule has 0 aliphatic carbocycles. The van der Waals surface area contributed by atoms with E-state index in [0.29, 0.717) is 18.7 Å². The van der Waals surface area contributed by atoms with E-state index in [0.717, 1.165) is 45.5 Å². The fraction of sp³-hybridized carbons (Fsp3) is 0.526. The molecule has 2 saturated heterocycles. The zero-order chi connectivity index (χ0) is 21.0. The summed E-state index contributed by atoms with van der Waals surface area (Å²) < 4.78 is 42.5. The number of hydrogen-bond acceptors (Lipinski definition) is 6. The molecule has 4 rings (SSSR count). The third-order valence-corrected chi connectivity index (χ3v) is 5.15. The van der Waals surface area contributed by atoms with E-state index in [-0.39, 0.29) is 17.6 Å². The molecule has 156 valence electrons. The van der Waals surface area contributed by atoms with Gasteiger partial charge in [-0.2, -0.15) is 23.5 Å². The highest BCUT2D eigenvalue weighted by atomic mass is 19.4. The van der Waals surface area contributed by atoms with E-state index in [1.165, 1.54) is 0 Å². The highest BCUT2D eigenvalue weighted by molar-refractivity contribution is 5.68. The van der Waals surface area contributed by atoms with Crippen LogP contribution in [0.3, 0.4) is 0 Å². The van der Waals surface area contributed by atoms with E-state index in [2.05, 4.69) is 15.4 Å². The molecule has 7 nitrogen and oxygen atoms in total. The van der Waals surface area contributed by atoms with Gasteiger partial charge in [-0.15, -0.1) is 0 Å². The molecule has 29 heavy (non-hydrogen) atoms. The standard InChI is InChI=1S/C18H19F3N6.CH4O/c19-18(20,21)15-8-16(25-17(14(15)9-22)26-6-1-7-26)12-10-24-27(11-12)13-2-4-23-5-3-13;1-2/h8,10-11,13,23H,1-7H2;2H,1H3. The van der Waals surface area contributed by atoms with Crippen molar-refractivity contribution in [1.82, 2.24) is 20.1 Å². The monoisotopic (exact) mass is 408 g/mol. The number of aliphatic hydroxyl groups is 1. The number of piperidine rings is 1. The second kappa shape index (κ2) is 8.80. The summed E-state index contributed by atoms with van der Waals surface area (Å²) in [7, 11) is 1.00. The molecule has 2 aliphatic rings. The van der Waals surface area contributed by atoms with E-state index in [1.54, 1.807) is 23.4 Å². The summed E-state index contributed by atoms with van der Waals surface area (Å²) in [5, 5.41) is 24.0. The minimum atomic E-state index is -4.62. The summed E-state index contributed by atoms with van der Waals surface area (Å²) in [6, 6.07) is 2.90. The molecule has 2 fully saturated rings. The number of hydrogen-bond donors (Lipinski definition) is 2. The highest BCUT2D eigenvalue weighted by Gasteiger charge is 2.37. The number of halogens is 3. The lowest BCUT2D eigenvalue weighted by Gasteiger charge is -2.33. The van der Waals surface area contributed by atoms with E-state index in [1.807, 2.05) is 4.68 Å². The van der Waals surface area contributed by atoms with Gasteiger partial charge in [0.05, 0.1) is 23.5 Å². The Hall–Kier alpha value is -2.64. The fourth-order valence-corrected chi connectivity index (χ4v) is 3.51. The number of pyridine rings is 1. The number of alkyl halides is 3. The van der Waals surface area contributed by atoms with Gasteiger partial charge >= 0.3 is 6.18 Å². The lowest BCUT2D eigenvalue weighted by molar-refractivity contribution is -0.137. The molecule has 0 spiro atoms. The van der Waals surface area contributed by atoms with Crippen LogP contribution < -0.4 is 10.2 Å². The Balaban J connectivity index is 0.00000117. The maximum absolute atomic E-state index is 13.6. The summed E-state index contributed by atoms with van der Waals surface area (Å²) in [4.78, 5) is 6.12. The van der Waals surface area contributed by atoms with Crippen molar-refractivity contribution in [2.24, 2.45) is 0 Å². The van der Waals surface area contributed by atoms with Crippen molar-refractivity contribution in [2.45, 2.75) is 31.5 Å². The first-order valence-corrected chi connectivity index (χ1v) is 9.44. The maximum atomic E-state index is 13.6. The van der Waals surface area contributed by atoms with Crippen LogP contribution in [0.4, 0.5) is 19.0 Å². The van der Waals surface area contributed by atoms with Crippen LogP contribution in [0.1, 0.15) is 36.4 Å². The van der Waals surface area contributed by atoms with Gasteiger partial charge in [0.15, 0.2) is 0 Å². The Morgan fingerprint density at radius 3 is 2.48 bits per heavy atom. The molecule has 2 aromatic rings. The van der Waals surface area contributed by atoms with Crippen LogP contribution in [-0.4, -0.2) is 53.2 Å². The van der Waals surface area contributed by atoms with E-state index < -0.39 is 17.3 Å². The number of aromatic nitrogens is 3. The second-order valence-electron chi connectivity index (χ2n) is 6.89. The van der Waals surface area contributed by atoms with Gasteiger partial charge < -0.3 is 15.3 Å². The summed E-state index contributed by atoms with van der Waals surface area (Å²) in [5.41, 5.74) is -0.614. The molecule has 10 heteroatoms. The van der Waals surface area contributed by atoms with Gasteiger partial charge in [0.25, 0.3) is 0 Å². The molecular weight excluding hydrogens is 385 g/mol. The zero-order valence-corrected chi connectivity index (χ0v) is 16.1. The van der Waals surface area contributed by atoms with Crippen molar-refractivity contribution in [3.8, 4) is 17.3 Å². The Kier molecular flexibility index (Phi) is 6.39. The Morgan fingerprint density at radius 1 is 1.24 bits per heavy atom. The van der Waals surface area contributed by atoms with Gasteiger partial charge in [-0.05, 0) is 38.4 Å². The van der Waals surface area contributed by atoms with Gasteiger partial charge in [-0.3, -0.25) is 4.68 Å². The highest BCUT2D eigenvalue weighted by Crippen LogP contribution is 2.38. The molecule has 4 heterocycles. The molecule has 0 unspecified atom stereocenters. The molecule has 0 aromatic carbocycles. The Morgan fingerprint density at radius 2 is 1.93 bits per heavy atom. The zero-order valence-electron chi connectivity index (χ0n) is 16.1. The molecule has 2 N–H and O–H groups in total. The van der Waals surface area contributed by atoms with Gasteiger partial charge in [-0.1, -0.05) is 0 Å². The van der Waals surface area contributed by atoms with Crippen LogP contribution in [0.5, 0.6) is 0 Å². The van der Waals surface area contributed by atoms with Crippen molar-refractivity contribution in [3.63, 3.8) is 0 Å². The third-order valence-electron chi connectivity index (χ3n) is 5.15. The minimum absolute atomic E-state index is 0.114. The average Bonchev–Trinajstić information content (AvgIpc) is 3.18. The molecule has 0 radical (unpaired) electrons. The lowest BCUT2D eigenvalue weighted by atomic mass is 10.0. The van der Waals surface area contributed by atoms with Gasteiger partial charge in [0.1, 0.15) is 17.5 Å². The summed E-state index contributed by atoms with van der Waals surface area (Å²) in [5.74, 6) is 0.114. The predicted molar refractivity (Wildman–Crippen MR) is 101 cm³/mol. The average molecular weight is 408 g/mol. The van der Waals surface area contributed by atoms with Crippen molar-refractivity contribution < 1.29 is 18.3 Å². The number of nitriles is 1. The van der Waals surface area contributed by atoms with Crippen LogP contribution in [0.15, 0.2) is 18.5 Å². The largest absolute Gasteiger partial charge is 0.417 e. The van der Waals surface area contributed by atoms with E-state index in [9.17, 15) is 18.4 Å². The lowest BCUT2D eigenvalue weighted by Crippen LogP contribution is -2.38. The normalized spacial score (nSPS) is 17.2. The third kappa shape index (κ3) is 4.36. The summed E-state index contributed by atoms with van der Waals surface area (Å²) in [6.45, 7) is 3.01. The number of nitrogens with zero attached hydrogens (tertiary/aromatic N) is 5. The quantitative estimate of drug-likeness (QED) is 0.812. The van der Waals surface area contributed by atoms with Crippen molar-refractivity contribution >= 4 is 5.82 Å². The molecule has 0 saturated carbocycles. The second-order valence-corrected chi connectivity index (χ2v) is 6.89. The summed E-state index contributed by atoms with van der Waals surface area (Å²) >= 11 is 0. The molecule has 2 aromatic heterocycles. The van der Waals surface area contributed by atoms with Crippen LogP contribution in [-0.2, 0) is 6.18 Å². The predicted octanol–water partition coefficient (Wildman–Crippen LogP) is 2.58. The first-order valence-electron chi connectivity index (χ1n) is 9.44. The number of nitrogens with one attached hydrogen (secondary N) is 1. The number of aliphatic hydroxyl groups excluding tert-OH is 1. The Bertz CT molecular complexity index is 879. The first kappa shape index (κ1) is 21.1. The topological polar surface area (TPSA) is 90.0 Å². The molecule has 0 bridgehead atoms. The number of anilines is 1. The van der Waals surface area contributed by atoms with Crippen molar-refractivity contribution in [1.29, 1.82) is 5.26 Å². The minimum Gasteiger partial charge on any atom is -0.400 e. The van der Waals surface area contributed by atoms with Crippen LogP contribution in [0.25, 0.3) is 11.3 Å². The Labute approximate surface area is 166 Å². The van der Waals surface area contributed by atoms with Gasteiger partial charge in [-0.25, -0.2) is 4.98 Å². The molecule has 0 atom stereocenters. The van der Waals surface area contributed by atoms with Crippen LogP contribution >= 0.6 is 0 Å². The van der Waals surface area contributed by atoms with Crippen LogP contribution in [0.2, 0.25) is 0 Å². The molecule has 2 aliphatic heterocycles. The van der Waals surface area contributed by atoms with Gasteiger partial charge in [0.2, 0.25) is 0 Å². The van der Waals surface area contributed by atoms with E-state index >= 15 is 0 Å². The fourth-order valence-electron chi connectivity index (χ4n) is 3.51. The number of rotatable bonds is 3. The summed E-state index contributed by atoms with van der Waals surface area (Å²) in [6.07, 6.45) is 1.42. The maximum Gasteiger partial charge on any atom is 0.417 e. The van der Waals surface area contributed by atoms with Crippen molar-refractivity contribution in [2.75, 3.05) is 38.2 Å². The van der Waals surface area contributed by atoms with Crippen LogP contribution in [0, 0.1) is 11.3 Å². The van der Waals surface area contributed by atoms with Crippen molar-refractivity contribution in [3.05, 3.63) is 29.6 Å². The van der Waals surface area contributed by atoms with Gasteiger partial charge in [0, 0.05) is 32.0 Å². The van der Waals surface area contributed by atoms with E-state index in [4.69, 9.17) is 5.11 Å². The first-order chi connectivity index (χ1) is 14.0. The SMILES string of the molecule is CO.N#Cc1c(C(F)(F)F)cc(-c2cnn(C3CCNCC3)c2)nc1N1CCC1. The molecular formula is C19H23F3N6O. The molecule has 0 amide bonds.